The first kappa shape index (κ1) is 18.1. The molecule has 1 aromatic rings. The molecule has 0 saturated carbocycles. The van der Waals surface area contributed by atoms with E-state index < -0.39 is 0 Å². The van der Waals surface area contributed by atoms with E-state index in [2.05, 4.69) is 39.9 Å². The third kappa shape index (κ3) is 4.24. The summed E-state index contributed by atoms with van der Waals surface area (Å²) in [7, 11) is 1.75. The summed E-state index contributed by atoms with van der Waals surface area (Å²) in [6, 6.07) is 0. The second-order valence-corrected chi connectivity index (χ2v) is 5.60. The van der Waals surface area contributed by atoms with E-state index in [-0.39, 0.29) is 5.60 Å². The van der Waals surface area contributed by atoms with E-state index in [0.717, 1.165) is 56.0 Å². The Morgan fingerprint density at radius 2 is 1.57 bits per heavy atom. The lowest BCUT2D eigenvalue weighted by Crippen LogP contribution is -2.30. The molecule has 1 N–H and O–H groups in total. The highest BCUT2D eigenvalue weighted by molar-refractivity contribution is 5.26. The van der Waals surface area contributed by atoms with Gasteiger partial charge in [-0.05, 0) is 58.2 Å². The van der Waals surface area contributed by atoms with Gasteiger partial charge < -0.3 is 10.1 Å². The second kappa shape index (κ2) is 8.44. The molecular weight excluding hydrogens is 262 g/mol. The van der Waals surface area contributed by atoms with Crippen LogP contribution in [-0.4, -0.2) is 30.2 Å². The normalized spacial score (nSPS) is 11.9. The lowest BCUT2D eigenvalue weighted by atomic mass is 9.95. The summed E-state index contributed by atoms with van der Waals surface area (Å²) >= 11 is 0. The fourth-order valence-electron chi connectivity index (χ4n) is 2.77. The molecule has 0 aliphatic heterocycles. The minimum Gasteiger partial charge on any atom is -0.370 e. The van der Waals surface area contributed by atoms with Gasteiger partial charge in [0.1, 0.15) is 5.60 Å². The Labute approximate surface area is 129 Å². The van der Waals surface area contributed by atoms with Crippen molar-refractivity contribution in [3.05, 3.63) is 22.8 Å². The number of aryl methyl sites for hydroxylation is 2. The summed E-state index contributed by atoms with van der Waals surface area (Å²) in [6.45, 7) is 12.7. The fraction of sp³-hybridized carbons (Fsp3) is 0.765. The fourth-order valence-corrected chi connectivity index (χ4v) is 2.77. The number of hydrogen-bond donors (Lipinski definition) is 1. The molecule has 4 heteroatoms. The second-order valence-electron chi connectivity index (χ2n) is 5.60. The Hall–Kier alpha value is -1.00. The molecule has 0 aromatic carbocycles. The van der Waals surface area contributed by atoms with Crippen molar-refractivity contribution < 1.29 is 4.74 Å². The average molecular weight is 293 g/mol. The molecule has 1 rings (SSSR count). The number of nitrogens with one attached hydrogen (secondary N) is 1. The molecule has 0 radical (unpaired) electrons. The maximum Gasteiger partial charge on any atom is 0.160 e. The number of rotatable bonds is 9. The Morgan fingerprint density at radius 1 is 1.00 bits per heavy atom. The monoisotopic (exact) mass is 293 g/mol. The van der Waals surface area contributed by atoms with E-state index in [1.807, 2.05) is 0 Å². The molecule has 0 spiro atoms. The van der Waals surface area contributed by atoms with Gasteiger partial charge in [-0.25, -0.2) is 9.97 Å². The molecule has 1 aromatic heterocycles. The Bertz CT molecular complexity index is 410. The van der Waals surface area contributed by atoms with Crippen LogP contribution in [0.2, 0.25) is 0 Å². The van der Waals surface area contributed by atoms with Gasteiger partial charge in [-0.2, -0.15) is 0 Å². The van der Waals surface area contributed by atoms with Crippen LogP contribution in [0.1, 0.15) is 62.8 Å². The van der Waals surface area contributed by atoms with Crippen molar-refractivity contribution >= 4 is 0 Å². The van der Waals surface area contributed by atoms with Crippen LogP contribution in [0.3, 0.4) is 0 Å². The summed E-state index contributed by atoms with van der Waals surface area (Å²) in [5.41, 5.74) is 3.08. The van der Waals surface area contributed by atoms with E-state index in [1.165, 1.54) is 5.56 Å². The molecular formula is C17H31N3O. The third-order valence-corrected chi connectivity index (χ3v) is 4.34. The van der Waals surface area contributed by atoms with E-state index >= 15 is 0 Å². The van der Waals surface area contributed by atoms with Gasteiger partial charge in [-0.1, -0.05) is 20.8 Å². The largest absolute Gasteiger partial charge is 0.370 e. The molecule has 4 nitrogen and oxygen atoms in total. The van der Waals surface area contributed by atoms with Crippen molar-refractivity contribution in [2.24, 2.45) is 0 Å². The molecule has 0 atom stereocenters. The van der Waals surface area contributed by atoms with Gasteiger partial charge in [-0.15, -0.1) is 0 Å². The molecule has 0 unspecified atom stereocenters. The molecule has 0 fully saturated rings. The lowest BCUT2D eigenvalue weighted by molar-refractivity contribution is -0.0294. The number of nitrogens with zero attached hydrogens (tertiary/aromatic N) is 2. The minimum absolute atomic E-state index is 0.353. The van der Waals surface area contributed by atoms with Crippen LogP contribution in [-0.2, 0) is 16.8 Å². The number of methoxy groups -OCH3 is 1. The summed E-state index contributed by atoms with van der Waals surface area (Å²) in [4.78, 5) is 9.51. The molecule has 1 heterocycles. The van der Waals surface area contributed by atoms with Crippen molar-refractivity contribution in [1.82, 2.24) is 15.3 Å². The van der Waals surface area contributed by atoms with Crippen LogP contribution in [0.5, 0.6) is 0 Å². The summed E-state index contributed by atoms with van der Waals surface area (Å²) in [5.74, 6) is 0.829. The van der Waals surface area contributed by atoms with Crippen LogP contribution < -0.4 is 5.32 Å². The standard InChI is InChI=1S/C17H31N3O/c1-7-11-18-12-10-15-13(4)19-16(20-14(15)5)17(8-2,9-3)21-6/h18H,7-12H2,1-6H3. The zero-order chi connectivity index (χ0) is 15.9. The van der Waals surface area contributed by atoms with E-state index in [4.69, 9.17) is 14.7 Å². The maximum atomic E-state index is 5.75. The van der Waals surface area contributed by atoms with Gasteiger partial charge in [0.15, 0.2) is 5.82 Å². The zero-order valence-electron chi connectivity index (χ0n) is 14.5. The SMILES string of the molecule is CCCNCCc1c(C)nc(C(CC)(CC)OC)nc1C. The van der Waals surface area contributed by atoms with Crippen LogP contribution in [0, 0.1) is 13.8 Å². The van der Waals surface area contributed by atoms with Crippen LogP contribution in [0.4, 0.5) is 0 Å². The molecule has 0 bridgehead atoms. The van der Waals surface area contributed by atoms with Crippen molar-refractivity contribution in [2.45, 2.75) is 65.9 Å². The van der Waals surface area contributed by atoms with Gasteiger partial charge in [0.05, 0.1) is 0 Å². The predicted molar refractivity (Wildman–Crippen MR) is 87.6 cm³/mol. The molecule has 0 aliphatic rings. The van der Waals surface area contributed by atoms with Crippen molar-refractivity contribution in [3.8, 4) is 0 Å². The minimum atomic E-state index is -0.353. The van der Waals surface area contributed by atoms with Crippen LogP contribution >= 0.6 is 0 Å². The van der Waals surface area contributed by atoms with E-state index in [9.17, 15) is 0 Å². The maximum absolute atomic E-state index is 5.75. The van der Waals surface area contributed by atoms with Gasteiger partial charge in [0, 0.05) is 18.5 Å². The van der Waals surface area contributed by atoms with Crippen molar-refractivity contribution in [2.75, 3.05) is 20.2 Å². The quantitative estimate of drug-likeness (QED) is 0.710. The van der Waals surface area contributed by atoms with Gasteiger partial charge >= 0.3 is 0 Å². The summed E-state index contributed by atoms with van der Waals surface area (Å²) in [6.07, 6.45) is 3.92. The predicted octanol–water partition coefficient (Wildman–Crippen LogP) is 3.30. The lowest BCUT2D eigenvalue weighted by Gasteiger charge is -2.29. The highest BCUT2D eigenvalue weighted by Gasteiger charge is 2.32. The first-order valence-corrected chi connectivity index (χ1v) is 8.15. The molecule has 0 amide bonds. The smallest absolute Gasteiger partial charge is 0.160 e. The van der Waals surface area contributed by atoms with E-state index in [0.29, 0.717) is 0 Å². The summed E-state index contributed by atoms with van der Waals surface area (Å²) < 4.78 is 5.75. The van der Waals surface area contributed by atoms with Gasteiger partial charge in [0.25, 0.3) is 0 Å². The topological polar surface area (TPSA) is 47.0 Å². The first-order chi connectivity index (χ1) is 10.0. The number of ether oxygens (including phenoxy) is 1. The van der Waals surface area contributed by atoms with Crippen molar-refractivity contribution in [3.63, 3.8) is 0 Å². The number of aromatic nitrogens is 2. The molecule has 0 aliphatic carbocycles. The molecule has 21 heavy (non-hydrogen) atoms. The van der Waals surface area contributed by atoms with Crippen LogP contribution in [0.25, 0.3) is 0 Å². The molecule has 0 saturated heterocycles. The Kier molecular flexibility index (Phi) is 7.26. The average Bonchev–Trinajstić information content (AvgIpc) is 2.48. The number of hydrogen-bond acceptors (Lipinski definition) is 4. The molecule has 120 valence electrons. The Morgan fingerprint density at radius 3 is 2.00 bits per heavy atom. The first-order valence-electron chi connectivity index (χ1n) is 8.15. The van der Waals surface area contributed by atoms with Crippen LogP contribution in [0.15, 0.2) is 0 Å². The van der Waals surface area contributed by atoms with Gasteiger partial charge in [0.2, 0.25) is 0 Å². The highest BCUT2D eigenvalue weighted by Crippen LogP contribution is 2.30. The third-order valence-electron chi connectivity index (χ3n) is 4.34. The zero-order valence-corrected chi connectivity index (χ0v) is 14.5. The summed E-state index contributed by atoms with van der Waals surface area (Å²) in [5, 5.41) is 3.44. The van der Waals surface area contributed by atoms with Crippen molar-refractivity contribution in [1.29, 1.82) is 0 Å². The Balaban J connectivity index is 2.98. The van der Waals surface area contributed by atoms with E-state index in [1.54, 1.807) is 7.11 Å². The van der Waals surface area contributed by atoms with Gasteiger partial charge in [-0.3, -0.25) is 0 Å². The highest BCUT2D eigenvalue weighted by atomic mass is 16.5.